The van der Waals surface area contributed by atoms with E-state index >= 15 is 0 Å². The van der Waals surface area contributed by atoms with Crippen molar-refractivity contribution in [3.8, 4) is 0 Å². The number of nitrogens with one attached hydrogen (secondary N) is 8. The van der Waals surface area contributed by atoms with Crippen LogP contribution in [0.1, 0.15) is 138 Å². The highest BCUT2D eigenvalue weighted by molar-refractivity contribution is 6.13. The van der Waals surface area contributed by atoms with E-state index in [4.69, 9.17) is 10.5 Å². The van der Waals surface area contributed by atoms with Crippen LogP contribution in [0.15, 0.2) is 91.0 Å². The van der Waals surface area contributed by atoms with Crippen LogP contribution < -0.4 is 48.3 Å². The molecular formula is C74H109N13O13. The predicted octanol–water partition coefficient (Wildman–Crippen LogP) is 5.91. The minimum absolute atomic E-state index is 0.0139. The molecule has 2 aliphatic rings. The highest BCUT2D eigenvalue weighted by atomic mass is 16.5. The van der Waals surface area contributed by atoms with E-state index in [1.54, 1.807) is 74.0 Å². The van der Waals surface area contributed by atoms with Gasteiger partial charge in [-0.15, -0.1) is 0 Å². The Morgan fingerprint density at radius 3 is 1.81 bits per heavy atom. The zero-order chi connectivity index (χ0) is 73.9. The molecule has 0 saturated carbocycles. The highest BCUT2D eigenvalue weighted by Crippen LogP contribution is 2.32. The Balaban J connectivity index is 1.19. The summed E-state index contributed by atoms with van der Waals surface area (Å²) in [5, 5.41) is 23.2. The van der Waals surface area contributed by atoms with E-state index in [0.717, 1.165) is 28.0 Å². The molecule has 0 aromatic heterocycles. The number of nitrogens with two attached hydrogens (primary N) is 1. The molecule has 26 nitrogen and oxygen atoms in total. The maximum absolute atomic E-state index is 14.6. The van der Waals surface area contributed by atoms with Crippen LogP contribution in [0.25, 0.3) is 0 Å². The Hall–Kier alpha value is -9.04. The molecule has 0 radical (unpaired) electrons. The number of amides is 12. The van der Waals surface area contributed by atoms with Crippen molar-refractivity contribution in [3.05, 3.63) is 102 Å². The lowest BCUT2D eigenvalue weighted by molar-refractivity contribution is -0.147. The number of likely N-dealkylation sites (tertiary alicyclic amines) is 1. The van der Waals surface area contributed by atoms with E-state index in [-0.39, 0.29) is 97.9 Å². The number of hydrogen-bond acceptors (Lipinski definition) is 15. The van der Waals surface area contributed by atoms with Gasteiger partial charge in [0.25, 0.3) is 11.8 Å². The number of urea groups is 1. The topological polar surface area (TPSA) is 349 Å². The molecule has 5 rings (SSSR count). The van der Waals surface area contributed by atoms with E-state index in [9.17, 15) is 57.5 Å². The third-order valence-corrected chi connectivity index (χ3v) is 18.8. The zero-order valence-corrected chi connectivity index (χ0v) is 60.6. The van der Waals surface area contributed by atoms with Crippen molar-refractivity contribution in [2.45, 2.75) is 188 Å². The number of likely N-dealkylation sites (N-methyl/N-ethyl adjacent to an activating group) is 2. The van der Waals surface area contributed by atoms with Crippen LogP contribution in [0.2, 0.25) is 0 Å². The maximum Gasteiger partial charge on any atom is 0.312 e. The van der Waals surface area contributed by atoms with Crippen LogP contribution in [0.3, 0.4) is 0 Å². The molecule has 3 aromatic rings. The molecule has 2 aliphatic heterocycles. The van der Waals surface area contributed by atoms with Gasteiger partial charge < -0.3 is 67.6 Å². The third-order valence-electron chi connectivity index (χ3n) is 18.8. The first-order chi connectivity index (χ1) is 47.5. The van der Waals surface area contributed by atoms with Crippen LogP contribution in [-0.2, 0) is 70.4 Å². The number of primary amides is 1. The van der Waals surface area contributed by atoms with Gasteiger partial charge in [0.15, 0.2) is 0 Å². The summed E-state index contributed by atoms with van der Waals surface area (Å²) >= 11 is 0. The first kappa shape index (κ1) is 81.6. The fraction of sp³-hybridized carbons (Fsp3) is 0.568. The van der Waals surface area contributed by atoms with E-state index in [1.807, 2.05) is 103 Å². The van der Waals surface area contributed by atoms with Gasteiger partial charge >= 0.3 is 6.03 Å². The molecule has 0 spiro atoms. The maximum atomic E-state index is 14.6. The molecule has 12 amide bonds. The second-order valence-corrected chi connectivity index (χ2v) is 27.6. The Kier molecular flexibility index (Phi) is 32.9. The molecular weight excluding hydrogens is 1280 g/mol. The number of methoxy groups -OCH3 is 1. The summed E-state index contributed by atoms with van der Waals surface area (Å²) in [6.45, 7) is 17.9. The van der Waals surface area contributed by atoms with Crippen LogP contribution >= 0.6 is 0 Å². The van der Waals surface area contributed by atoms with Crippen molar-refractivity contribution in [1.82, 2.24) is 46.2 Å². The number of benzene rings is 3. The highest BCUT2D eigenvalue weighted by Gasteiger charge is 2.44. The van der Waals surface area contributed by atoms with Crippen LogP contribution in [0.4, 0.5) is 21.9 Å². The van der Waals surface area contributed by atoms with Gasteiger partial charge in [0.2, 0.25) is 47.3 Å². The first-order valence-electron chi connectivity index (χ1n) is 35.1. The predicted molar refractivity (Wildman–Crippen MR) is 383 cm³/mol. The van der Waals surface area contributed by atoms with E-state index in [0.29, 0.717) is 69.4 Å². The van der Waals surface area contributed by atoms with Crippen molar-refractivity contribution in [3.63, 3.8) is 0 Å². The molecule has 100 heavy (non-hydrogen) atoms. The average molecular weight is 1390 g/mol. The summed E-state index contributed by atoms with van der Waals surface area (Å²) in [6.07, 6.45) is 6.20. The van der Waals surface area contributed by atoms with Gasteiger partial charge in [0, 0.05) is 100 Å². The van der Waals surface area contributed by atoms with Crippen LogP contribution in [0.5, 0.6) is 0 Å². The summed E-state index contributed by atoms with van der Waals surface area (Å²) in [5.41, 5.74) is 8.50. The molecule has 0 aliphatic carbocycles. The van der Waals surface area contributed by atoms with Crippen LogP contribution in [0, 0.1) is 35.5 Å². The molecule has 11 atom stereocenters. The molecule has 2 heterocycles. The number of anilines is 3. The fourth-order valence-electron chi connectivity index (χ4n) is 13.0. The number of rotatable bonds is 41. The zero-order valence-electron chi connectivity index (χ0n) is 60.6. The number of hydrogen-bond donors (Lipinski definition) is 9. The number of ether oxygens (including phenoxy) is 1. The van der Waals surface area contributed by atoms with E-state index in [1.165, 1.54) is 19.3 Å². The molecule has 26 heteroatoms. The Labute approximate surface area is 589 Å². The summed E-state index contributed by atoms with van der Waals surface area (Å²) in [4.78, 5) is 166. The fourth-order valence-corrected chi connectivity index (χ4v) is 13.0. The monoisotopic (exact) mass is 1390 g/mol. The molecule has 0 bridgehead atoms. The SMILES string of the molecule is CC[C@H](C)[C@@H]([C@@H](CC(=O)N1CCC[C@H]1[C@H](C=O)[C@@H](C)C(=O)N[C@@H](Cc1ccccc1)C(=O)Nc1ccc(NCc2ccc(NC(=O)[C@H](CCCNC(N)=O)NC(=O)C(NC(=O)CCCCCN3C(=O)C=CC3=O)C(C)C)cc2)cc1)OC)N(C)C(=O)[C@@H](NC(=O)[C@H](C(C)C)N(C)C)C(C)C. The van der Waals surface area contributed by atoms with Gasteiger partial charge in [-0.3, -0.25) is 57.7 Å². The third kappa shape index (κ3) is 24.4. The van der Waals surface area contributed by atoms with E-state index < -0.39 is 89.9 Å². The summed E-state index contributed by atoms with van der Waals surface area (Å²) in [5.74, 6) is -6.70. The Morgan fingerprint density at radius 1 is 0.660 bits per heavy atom. The van der Waals surface area contributed by atoms with Gasteiger partial charge in [-0.05, 0) is 124 Å². The summed E-state index contributed by atoms with van der Waals surface area (Å²) < 4.78 is 6.08. The molecule has 1 fully saturated rings. The lowest BCUT2D eigenvalue weighted by Gasteiger charge is -2.41. The standard InChI is InChI=1S/C74H109N13O13/c1-14-48(8)67(85(12)73(98)65(46(4)5)83-72(97)66(47(6)7)84(10)11)59(100-13)42-63(92)86-40-22-26-58(86)55(44-88)49(9)68(93)81-57(41-50-23-17-15-18-24-50)70(95)79-54-34-32-52(33-35-54)77-43-51-28-30-53(31-29-51)78-69(94)56(25-21-38-76-74(75)99)80-71(96)64(45(2)3)82-60(89)27-19-16-20-39-87-61(90)36-37-62(87)91/h15,17-18,23-24,28-37,44-49,55-59,64-67,77H,14,16,19-22,25-27,38-43H2,1-13H3,(H,78,94)(H,79,95)(H,80,96)(H,81,93)(H,82,89)(H,83,97)(H3,75,76,99)/t48-,49+,55+,56-,57-,58-,59+,64?,65-,66-,67-/m0/s1. The van der Waals surface area contributed by atoms with Crippen molar-refractivity contribution < 1.29 is 62.3 Å². The number of carbonyl (C=O) groups is 12. The quantitative estimate of drug-likeness (QED) is 0.0181. The minimum atomic E-state index is -1.07. The molecule has 548 valence electrons. The molecule has 3 aromatic carbocycles. The number of carbonyl (C=O) groups excluding carboxylic acids is 12. The molecule has 10 N–H and O–H groups in total. The molecule has 1 saturated heterocycles. The number of unbranched alkanes of at least 4 members (excludes halogenated alkanes) is 2. The van der Waals surface area contributed by atoms with Crippen molar-refractivity contribution in [2.24, 2.45) is 41.2 Å². The second-order valence-electron chi connectivity index (χ2n) is 27.6. The Morgan fingerprint density at radius 2 is 1.25 bits per heavy atom. The second kappa shape index (κ2) is 40.3. The smallest absolute Gasteiger partial charge is 0.312 e. The lowest BCUT2D eigenvalue weighted by Crippen LogP contribution is -2.59. The number of nitrogens with zero attached hydrogens (tertiary/aromatic N) is 4. The summed E-state index contributed by atoms with van der Waals surface area (Å²) in [7, 11) is 6.85. The molecule has 1 unspecified atom stereocenters. The largest absolute Gasteiger partial charge is 0.381 e. The van der Waals surface area contributed by atoms with Gasteiger partial charge in [0.1, 0.15) is 30.5 Å². The van der Waals surface area contributed by atoms with Crippen LogP contribution in [-0.4, -0.2) is 187 Å². The number of aldehydes is 1. The first-order valence-corrected chi connectivity index (χ1v) is 35.1. The van der Waals surface area contributed by atoms with Crippen molar-refractivity contribution in [2.75, 3.05) is 63.8 Å². The Bertz CT molecular complexity index is 3250. The van der Waals surface area contributed by atoms with Crippen molar-refractivity contribution in [1.29, 1.82) is 0 Å². The number of imide groups is 1. The van der Waals surface area contributed by atoms with Gasteiger partial charge in [-0.25, -0.2) is 4.79 Å². The normalized spacial score (nSPS) is 16.7. The van der Waals surface area contributed by atoms with Gasteiger partial charge in [-0.2, -0.15) is 0 Å². The average Bonchev–Trinajstić information content (AvgIpc) is 1.45. The van der Waals surface area contributed by atoms with Gasteiger partial charge in [-0.1, -0.05) is 118 Å². The minimum Gasteiger partial charge on any atom is -0.381 e. The summed E-state index contributed by atoms with van der Waals surface area (Å²) in [6, 6.07) is 16.9. The lowest BCUT2D eigenvalue weighted by atomic mass is 9.85. The van der Waals surface area contributed by atoms with Gasteiger partial charge in [0.05, 0.1) is 24.6 Å². The van der Waals surface area contributed by atoms with E-state index in [2.05, 4.69) is 42.5 Å². The van der Waals surface area contributed by atoms with Crippen molar-refractivity contribution >= 4 is 88.5 Å².